The molecule has 78 valence electrons. The number of benzene rings is 1. The maximum atomic E-state index is 9.18. The molecule has 6 heteroatoms. The molecular formula is C9H7BrN2OS2. The van der Waals surface area contributed by atoms with E-state index in [1.54, 1.807) is 6.19 Å². The molecule has 0 aliphatic carbocycles. The lowest BCUT2D eigenvalue weighted by molar-refractivity contribution is 0.585. The fraction of sp³-hybridized carbons (Fsp3) is 0.111. The van der Waals surface area contributed by atoms with Gasteiger partial charge in [0.05, 0.1) is 0 Å². The number of rotatable bonds is 2. The van der Waals surface area contributed by atoms with E-state index in [1.807, 2.05) is 24.3 Å². The second-order valence-corrected chi connectivity index (χ2v) is 5.64. The Kier molecular flexibility index (Phi) is 4.88. The van der Waals surface area contributed by atoms with Gasteiger partial charge in [0.1, 0.15) is 0 Å². The molecule has 0 heterocycles. The normalized spacial score (nSPS) is 12.0. The highest BCUT2D eigenvalue weighted by molar-refractivity contribution is 9.10. The zero-order valence-corrected chi connectivity index (χ0v) is 10.8. The summed E-state index contributed by atoms with van der Waals surface area (Å²) in [6.45, 7) is 0. The number of nitrogens with zero attached hydrogens (tertiary/aromatic N) is 2. The summed E-state index contributed by atoms with van der Waals surface area (Å²) in [5.41, 5.74) is 0.969. The number of halogens is 1. The van der Waals surface area contributed by atoms with E-state index < -0.39 is 10.7 Å². The van der Waals surface area contributed by atoms with Gasteiger partial charge < -0.3 is 5.11 Å². The van der Waals surface area contributed by atoms with Gasteiger partial charge in [-0.15, -0.1) is 4.36 Å². The van der Waals surface area contributed by atoms with Crippen LogP contribution in [0.3, 0.4) is 0 Å². The molecule has 1 aromatic carbocycles. The van der Waals surface area contributed by atoms with Crippen LogP contribution in [-0.4, -0.2) is 9.49 Å². The second kappa shape index (κ2) is 5.95. The first kappa shape index (κ1) is 12.3. The molecule has 0 aliphatic rings. The van der Waals surface area contributed by atoms with E-state index in [-0.39, 0.29) is 4.38 Å². The number of aliphatic hydroxyl groups is 1. The summed E-state index contributed by atoms with van der Waals surface area (Å²) >= 11 is 8.01. The maximum Gasteiger partial charge on any atom is 0.229 e. The van der Waals surface area contributed by atoms with Crippen molar-refractivity contribution in [2.24, 2.45) is 4.36 Å². The Morgan fingerprint density at radius 2 is 2.27 bits per heavy atom. The van der Waals surface area contributed by atoms with Gasteiger partial charge in [0.2, 0.25) is 10.6 Å². The molecule has 1 unspecified atom stereocenters. The van der Waals surface area contributed by atoms with Gasteiger partial charge in [-0.25, -0.2) is 0 Å². The lowest BCUT2D eigenvalue weighted by Crippen LogP contribution is -2.05. The van der Waals surface area contributed by atoms with E-state index in [0.717, 1.165) is 10.0 Å². The largest absolute Gasteiger partial charge is 0.494 e. The highest BCUT2D eigenvalue weighted by Crippen LogP contribution is 2.18. The van der Waals surface area contributed by atoms with Crippen LogP contribution in [0.15, 0.2) is 33.1 Å². The van der Waals surface area contributed by atoms with Gasteiger partial charge in [-0.05, 0) is 34.5 Å². The molecular weight excluding hydrogens is 296 g/mol. The minimum absolute atomic E-state index is 0.229. The molecule has 0 saturated carbocycles. The molecule has 1 rings (SSSR count). The minimum atomic E-state index is -0.917. The zero-order chi connectivity index (χ0) is 11.3. The van der Waals surface area contributed by atoms with Crippen molar-refractivity contribution in [1.82, 2.24) is 0 Å². The Balaban J connectivity index is 2.95. The minimum Gasteiger partial charge on any atom is -0.494 e. The fourth-order valence-corrected chi connectivity index (χ4v) is 2.76. The number of hydrogen-bond donors (Lipinski definition) is 1. The third-order valence-corrected chi connectivity index (χ3v) is 4.24. The molecule has 1 atom stereocenters. The predicted octanol–water partition coefficient (Wildman–Crippen LogP) is 3.07. The van der Waals surface area contributed by atoms with Crippen molar-refractivity contribution in [1.29, 1.82) is 5.26 Å². The van der Waals surface area contributed by atoms with Crippen LogP contribution in [0.25, 0.3) is 0 Å². The van der Waals surface area contributed by atoms with E-state index in [4.69, 9.17) is 5.26 Å². The van der Waals surface area contributed by atoms with Crippen molar-refractivity contribution in [2.45, 2.75) is 5.75 Å². The first-order chi connectivity index (χ1) is 7.15. The van der Waals surface area contributed by atoms with Crippen molar-refractivity contribution in [2.75, 3.05) is 0 Å². The topological polar surface area (TPSA) is 56.4 Å². The van der Waals surface area contributed by atoms with Gasteiger partial charge in [-0.1, -0.05) is 34.1 Å². The lowest BCUT2D eigenvalue weighted by atomic mass is 10.2. The van der Waals surface area contributed by atoms with E-state index in [1.165, 1.54) is 0 Å². The third kappa shape index (κ3) is 3.70. The maximum absolute atomic E-state index is 9.18. The number of aliphatic hydroxyl groups excluding tert-OH is 1. The van der Waals surface area contributed by atoms with Crippen LogP contribution in [0.4, 0.5) is 0 Å². The SMILES string of the molecule is N#CN=S(Cc1ccccc1Br)C(O)=S. The molecule has 1 N–H and O–H groups in total. The van der Waals surface area contributed by atoms with Crippen molar-refractivity contribution in [3.8, 4) is 6.19 Å². The monoisotopic (exact) mass is 302 g/mol. The van der Waals surface area contributed by atoms with E-state index in [2.05, 4.69) is 32.5 Å². The van der Waals surface area contributed by atoms with E-state index >= 15 is 0 Å². The standard InChI is InChI=1S/C9H7BrN2OS2/c10-8-4-2-1-3-7(8)5-15(9(13)14)12-6-11/h1-4H,5H2,(H,13,14). The average molecular weight is 303 g/mol. The van der Waals surface area contributed by atoms with Gasteiger partial charge >= 0.3 is 0 Å². The van der Waals surface area contributed by atoms with Crippen molar-refractivity contribution >= 4 is 43.2 Å². The van der Waals surface area contributed by atoms with Gasteiger partial charge in [-0.2, -0.15) is 5.26 Å². The van der Waals surface area contributed by atoms with Gasteiger partial charge in [0, 0.05) is 10.2 Å². The highest BCUT2D eigenvalue weighted by Gasteiger charge is 2.07. The molecule has 0 radical (unpaired) electrons. The van der Waals surface area contributed by atoms with Gasteiger partial charge in [0.15, 0.2) is 0 Å². The Bertz CT molecular complexity index is 454. The number of hydrogen-bond acceptors (Lipinski definition) is 3. The van der Waals surface area contributed by atoms with Crippen LogP contribution < -0.4 is 0 Å². The summed E-state index contributed by atoms with van der Waals surface area (Å²) in [7, 11) is -0.917. The number of thiocarbonyl (C=S) groups is 1. The molecule has 0 spiro atoms. The molecule has 0 saturated heterocycles. The van der Waals surface area contributed by atoms with Crippen LogP contribution in [0, 0.1) is 11.5 Å². The summed E-state index contributed by atoms with van der Waals surface area (Å²) in [6, 6.07) is 7.57. The molecule has 15 heavy (non-hydrogen) atoms. The molecule has 0 aromatic heterocycles. The molecule has 0 bridgehead atoms. The zero-order valence-electron chi connectivity index (χ0n) is 7.55. The molecule has 0 amide bonds. The summed E-state index contributed by atoms with van der Waals surface area (Å²) in [5.74, 6) is 0.449. The van der Waals surface area contributed by atoms with Crippen LogP contribution in [0.5, 0.6) is 0 Å². The molecule has 1 aromatic rings. The second-order valence-electron chi connectivity index (χ2n) is 2.56. The fourth-order valence-electron chi connectivity index (χ4n) is 0.945. The first-order valence-corrected chi connectivity index (χ1v) is 6.47. The van der Waals surface area contributed by atoms with Crippen LogP contribution in [-0.2, 0) is 16.4 Å². The van der Waals surface area contributed by atoms with Gasteiger partial charge in [-0.3, -0.25) is 0 Å². The van der Waals surface area contributed by atoms with Crippen molar-refractivity contribution in [3.63, 3.8) is 0 Å². The Labute approximate surface area is 104 Å². The van der Waals surface area contributed by atoms with Crippen molar-refractivity contribution < 1.29 is 5.11 Å². The Hall–Kier alpha value is -0.770. The first-order valence-electron chi connectivity index (χ1n) is 3.92. The van der Waals surface area contributed by atoms with Crippen LogP contribution in [0.2, 0.25) is 0 Å². The molecule has 3 nitrogen and oxygen atoms in total. The third-order valence-electron chi connectivity index (χ3n) is 1.60. The van der Waals surface area contributed by atoms with E-state index in [9.17, 15) is 5.11 Å². The van der Waals surface area contributed by atoms with Crippen LogP contribution >= 0.6 is 28.1 Å². The lowest BCUT2D eigenvalue weighted by Gasteiger charge is -2.04. The predicted molar refractivity (Wildman–Crippen MR) is 68.5 cm³/mol. The molecule has 0 aliphatic heterocycles. The molecule has 0 fully saturated rings. The van der Waals surface area contributed by atoms with Crippen molar-refractivity contribution in [3.05, 3.63) is 34.3 Å². The summed E-state index contributed by atoms with van der Waals surface area (Å²) in [6.07, 6.45) is 1.66. The summed E-state index contributed by atoms with van der Waals surface area (Å²) < 4.78 is 4.28. The van der Waals surface area contributed by atoms with Gasteiger partial charge in [0.25, 0.3) is 0 Å². The quantitative estimate of drug-likeness (QED) is 0.675. The highest BCUT2D eigenvalue weighted by atomic mass is 79.9. The summed E-state index contributed by atoms with van der Waals surface area (Å²) in [5, 5.41) is 17.6. The average Bonchev–Trinajstić information content (AvgIpc) is 2.20. The number of nitriles is 1. The Morgan fingerprint density at radius 3 is 2.80 bits per heavy atom. The smallest absolute Gasteiger partial charge is 0.229 e. The van der Waals surface area contributed by atoms with E-state index in [0.29, 0.717) is 5.75 Å². The summed E-state index contributed by atoms with van der Waals surface area (Å²) in [4.78, 5) is 0. The Morgan fingerprint density at radius 1 is 1.60 bits per heavy atom. The van der Waals surface area contributed by atoms with Crippen LogP contribution in [0.1, 0.15) is 5.56 Å².